The van der Waals surface area contributed by atoms with Crippen LogP contribution in [0.15, 0.2) is 36.5 Å². The highest BCUT2D eigenvalue weighted by Crippen LogP contribution is 2.20. The maximum Gasteiger partial charge on any atom is 0.272 e. The average Bonchev–Trinajstić information content (AvgIpc) is 3.12. The summed E-state index contributed by atoms with van der Waals surface area (Å²) in [7, 11) is 0. The van der Waals surface area contributed by atoms with Gasteiger partial charge in [0.2, 0.25) is 0 Å². The maximum atomic E-state index is 13.2. The van der Waals surface area contributed by atoms with Gasteiger partial charge in [0.1, 0.15) is 11.5 Å². The van der Waals surface area contributed by atoms with Crippen LogP contribution in [0, 0.1) is 5.82 Å². The molecule has 2 aromatic rings. The van der Waals surface area contributed by atoms with Gasteiger partial charge in [0, 0.05) is 30.5 Å². The van der Waals surface area contributed by atoms with Crippen LogP contribution in [0.3, 0.4) is 0 Å². The van der Waals surface area contributed by atoms with Crippen molar-refractivity contribution in [3.63, 3.8) is 0 Å². The first kappa shape index (κ1) is 16.4. The van der Waals surface area contributed by atoms with Crippen LogP contribution in [0.5, 0.6) is 0 Å². The number of hydrogen-bond donors (Lipinski definition) is 1. The average molecular weight is 348 g/mol. The number of rotatable bonds is 3. The SMILES string of the molecule is O=C(Nc1ccc(F)c(Cl)c1)c1ccnc(C(=O)N2CCCC2)c1. The summed E-state index contributed by atoms with van der Waals surface area (Å²) in [6.07, 6.45) is 3.39. The summed E-state index contributed by atoms with van der Waals surface area (Å²) >= 11 is 5.70. The lowest BCUT2D eigenvalue weighted by atomic mass is 10.2. The van der Waals surface area contributed by atoms with Gasteiger partial charge >= 0.3 is 0 Å². The molecule has 0 aliphatic carbocycles. The minimum atomic E-state index is -0.558. The highest BCUT2D eigenvalue weighted by Gasteiger charge is 2.21. The normalized spacial score (nSPS) is 13.8. The van der Waals surface area contributed by atoms with Crippen molar-refractivity contribution in [1.29, 1.82) is 0 Å². The molecule has 0 bridgehead atoms. The van der Waals surface area contributed by atoms with Crippen LogP contribution in [-0.4, -0.2) is 34.8 Å². The zero-order valence-electron chi connectivity index (χ0n) is 12.8. The van der Waals surface area contributed by atoms with Gasteiger partial charge in [-0.3, -0.25) is 14.6 Å². The first-order valence-corrected chi connectivity index (χ1v) is 7.94. The summed E-state index contributed by atoms with van der Waals surface area (Å²) in [6, 6.07) is 6.89. The fraction of sp³-hybridized carbons (Fsp3) is 0.235. The topological polar surface area (TPSA) is 62.3 Å². The number of benzene rings is 1. The lowest BCUT2D eigenvalue weighted by Gasteiger charge is -2.14. The molecule has 3 rings (SSSR count). The molecule has 1 saturated heterocycles. The zero-order valence-corrected chi connectivity index (χ0v) is 13.5. The quantitative estimate of drug-likeness (QED) is 0.926. The molecule has 1 aromatic carbocycles. The van der Waals surface area contributed by atoms with Crippen LogP contribution in [0.2, 0.25) is 5.02 Å². The van der Waals surface area contributed by atoms with Crippen molar-refractivity contribution in [2.45, 2.75) is 12.8 Å². The number of pyridine rings is 1. The van der Waals surface area contributed by atoms with Crippen LogP contribution >= 0.6 is 11.6 Å². The molecular formula is C17H15ClFN3O2. The van der Waals surface area contributed by atoms with E-state index >= 15 is 0 Å². The molecule has 0 atom stereocenters. The molecule has 1 aromatic heterocycles. The lowest BCUT2D eigenvalue weighted by molar-refractivity contribution is 0.0787. The Morgan fingerprint density at radius 2 is 1.92 bits per heavy atom. The third-order valence-electron chi connectivity index (χ3n) is 3.81. The molecule has 2 heterocycles. The van der Waals surface area contributed by atoms with Crippen molar-refractivity contribution >= 4 is 29.1 Å². The van der Waals surface area contributed by atoms with E-state index in [1.165, 1.54) is 36.5 Å². The molecule has 1 aliphatic heterocycles. The largest absolute Gasteiger partial charge is 0.337 e. The predicted octanol–water partition coefficient (Wildman–Crippen LogP) is 3.36. The fourth-order valence-electron chi connectivity index (χ4n) is 2.55. The van der Waals surface area contributed by atoms with Gasteiger partial charge in [-0.2, -0.15) is 0 Å². The van der Waals surface area contributed by atoms with Gasteiger partial charge in [-0.05, 0) is 43.2 Å². The summed E-state index contributed by atoms with van der Waals surface area (Å²) in [5, 5.41) is 2.54. The number of nitrogens with zero attached hydrogens (tertiary/aromatic N) is 2. The van der Waals surface area contributed by atoms with Crippen molar-refractivity contribution in [3.05, 3.63) is 58.6 Å². The molecule has 2 amide bonds. The smallest absolute Gasteiger partial charge is 0.272 e. The standard InChI is InChI=1S/C17H15ClFN3O2/c18-13-10-12(3-4-14(13)19)21-16(23)11-5-6-20-15(9-11)17(24)22-7-1-2-8-22/h3-6,9-10H,1-2,7-8H2,(H,21,23). The Balaban J connectivity index is 1.76. The fourth-order valence-corrected chi connectivity index (χ4v) is 2.73. The van der Waals surface area contributed by atoms with Gasteiger partial charge in [0.25, 0.3) is 11.8 Å². The zero-order chi connectivity index (χ0) is 17.1. The van der Waals surface area contributed by atoms with Gasteiger partial charge < -0.3 is 10.2 Å². The van der Waals surface area contributed by atoms with E-state index in [2.05, 4.69) is 10.3 Å². The Bertz CT molecular complexity index is 791. The van der Waals surface area contributed by atoms with Crippen LogP contribution < -0.4 is 5.32 Å². The van der Waals surface area contributed by atoms with Crippen LogP contribution in [-0.2, 0) is 0 Å². The van der Waals surface area contributed by atoms with Crippen LogP contribution in [0.4, 0.5) is 10.1 Å². The highest BCUT2D eigenvalue weighted by molar-refractivity contribution is 6.31. The van der Waals surface area contributed by atoms with E-state index in [4.69, 9.17) is 11.6 Å². The molecule has 1 N–H and O–H groups in total. The third kappa shape index (κ3) is 3.54. The first-order valence-electron chi connectivity index (χ1n) is 7.56. The molecule has 24 heavy (non-hydrogen) atoms. The Morgan fingerprint density at radius 3 is 2.62 bits per heavy atom. The summed E-state index contributed by atoms with van der Waals surface area (Å²) in [6.45, 7) is 1.43. The molecule has 1 aliphatic rings. The highest BCUT2D eigenvalue weighted by atomic mass is 35.5. The third-order valence-corrected chi connectivity index (χ3v) is 4.10. The summed E-state index contributed by atoms with van der Waals surface area (Å²) in [5.74, 6) is -1.15. The lowest BCUT2D eigenvalue weighted by Crippen LogP contribution is -2.28. The molecule has 0 unspecified atom stereocenters. The number of carbonyl (C=O) groups is 2. The minimum Gasteiger partial charge on any atom is -0.337 e. The minimum absolute atomic E-state index is 0.0765. The Kier molecular flexibility index (Phi) is 4.76. The molecule has 1 fully saturated rings. The van der Waals surface area contributed by atoms with E-state index in [1.54, 1.807) is 4.90 Å². The molecule has 124 valence electrons. The monoisotopic (exact) mass is 347 g/mol. The van der Waals surface area contributed by atoms with Crippen molar-refractivity contribution in [3.8, 4) is 0 Å². The predicted molar refractivity (Wildman–Crippen MR) is 88.7 cm³/mol. The van der Waals surface area contributed by atoms with Gasteiger partial charge in [0.15, 0.2) is 0 Å². The van der Waals surface area contributed by atoms with E-state index in [9.17, 15) is 14.0 Å². The number of carbonyl (C=O) groups excluding carboxylic acids is 2. The second-order valence-electron chi connectivity index (χ2n) is 5.51. The number of halogens is 2. The van der Waals surface area contributed by atoms with E-state index in [0.29, 0.717) is 24.3 Å². The number of nitrogens with one attached hydrogen (secondary N) is 1. The Morgan fingerprint density at radius 1 is 1.17 bits per heavy atom. The van der Waals surface area contributed by atoms with E-state index < -0.39 is 11.7 Å². The Hall–Kier alpha value is -2.47. The van der Waals surface area contributed by atoms with Gasteiger partial charge in [-0.25, -0.2) is 4.39 Å². The van der Waals surface area contributed by atoms with Gasteiger partial charge in [-0.15, -0.1) is 0 Å². The van der Waals surface area contributed by atoms with E-state index in [-0.39, 0.29) is 16.6 Å². The second-order valence-corrected chi connectivity index (χ2v) is 5.92. The number of hydrogen-bond acceptors (Lipinski definition) is 3. The molecule has 0 spiro atoms. The van der Waals surface area contributed by atoms with Crippen molar-refractivity contribution in [2.24, 2.45) is 0 Å². The van der Waals surface area contributed by atoms with E-state index in [0.717, 1.165) is 12.8 Å². The number of amides is 2. The van der Waals surface area contributed by atoms with Gasteiger partial charge in [0.05, 0.1) is 5.02 Å². The van der Waals surface area contributed by atoms with Crippen LogP contribution in [0.25, 0.3) is 0 Å². The van der Waals surface area contributed by atoms with Crippen molar-refractivity contribution in [1.82, 2.24) is 9.88 Å². The molecule has 5 nitrogen and oxygen atoms in total. The summed E-state index contributed by atoms with van der Waals surface area (Å²) in [4.78, 5) is 30.4. The molecule has 0 saturated carbocycles. The van der Waals surface area contributed by atoms with Crippen molar-refractivity contribution < 1.29 is 14.0 Å². The summed E-state index contributed by atoms with van der Waals surface area (Å²) in [5.41, 5.74) is 0.908. The molecule has 7 heteroatoms. The van der Waals surface area contributed by atoms with Crippen molar-refractivity contribution in [2.75, 3.05) is 18.4 Å². The van der Waals surface area contributed by atoms with Gasteiger partial charge in [-0.1, -0.05) is 11.6 Å². The Labute approximate surface area is 143 Å². The number of anilines is 1. The number of likely N-dealkylation sites (tertiary alicyclic amines) is 1. The maximum absolute atomic E-state index is 13.2. The first-order chi connectivity index (χ1) is 11.5. The molecule has 0 radical (unpaired) electrons. The van der Waals surface area contributed by atoms with E-state index in [1.807, 2.05) is 0 Å². The number of aromatic nitrogens is 1. The van der Waals surface area contributed by atoms with Crippen LogP contribution in [0.1, 0.15) is 33.7 Å². The molecular weight excluding hydrogens is 333 g/mol. The second kappa shape index (κ2) is 6.97. The summed E-state index contributed by atoms with van der Waals surface area (Å²) < 4.78 is 13.2.